The van der Waals surface area contributed by atoms with Crippen LogP contribution in [0, 0.1) is 13.8 Å². The summed E-state index contributed by atoms with van der Waals surface area (Å²) in [5, 5.41) is 2.71. The van der Waals surface area contributed by atoms with Gasteiger partial charge in [0.05, 0.1) is 11.0 Å². The SMILES string of the molecule is Cc1cccc(OCC(=O)Nc2nc3ccccc3[nH]2)c1C. The second-order valence-corrected chi connectivity index (χ2v) is 5.14. The van der Waals surface area contributed by atoms with E-state index >= 15 is 0 Å². The van der Waals surface area contributed by atoms with Crippen molar-refractivity contribution in [2.45, 2.75) is 13.8 Å². The molecule has 0 aliphatic heterocycles. The monoisotopic (exact) mass is 295 g/mol. The number of ether oxygens (including phenoxy) is 1. The maximum absolute atomic E-state index is 12.0. The summed E-state index contributed by atoms with van der Waals surface area (Å²) in [7, 11) is 0. The van der Waals surface area contributed by atoms with E-state index in [4.69, 9.17) is 4.74 Å². The number of aryl methyl sites for hydroxylation is 1. The molecule has 0 spiro atoms. The molecule has 3 aromatic rings. The van der Waals surface area contributed by atoms with Crippen LogP contribution in [-0.4, -0.2) is 22.5 Å². The highest BCUT2D eigenvalue weighted by atomic mass is 16.5. The van der Waals surface area contributed by atoms with Crippen LogP contribution in [0.15, 0.2) is 42.5 Å². The van der Waals surface area contributed by atoms with Crippen LogP contribution in [0.4, 0.5) is 5.95 Å². The van der Waals surface area contributed by atoms with Gasteiger partial charge in [-0.2, -0.15) is 0 Å². The number of nitrogens with zero attached hydrogens (tertiary/aromatic N) is 1. The number of benzene rings is 2. The number of imidazole rings is 1. The normalized spacial score (nSPS) is 10.6. The minimum absolute atomic E-state index is 0.0542. The fraction of sp³-hybridized carbons (Fsp3) is 0.176. The highest BCUT2D eigenvalue weighted by molar-refractivity contribution is 5.92. The van der Waals surface area contributed by atoms with Gasteiger partial charge in [0.2, 0.25) is 5.95 Å². The van der Waals surface area contributed by atoms with Crippen LogP contribution >= 0.6 is 0 Å². The first-order valence-corrected chi connectivity index (χ1v) is 7.07. The summed E-state index contributed by atoms with van der Waals surface area (Å²) in [6.45, 7) is 3.93. The number of nitrogens with one attached hydrogen (secondary N) is 2. The van der Waals surface area contributed by atoms with Gasteiger partial charge in [0.25, 0.3) is 5.91 Å². The van der Waals surface area contributed by atoms with Crippen LogP contribution in [0.3, 0.4) is 0 Å². The summed E-state index contributed by atoms with van der Waals surface area (Å²) in [5.74, 6) is 0.899. The predicted molar refractivity (Wildman–Crippen MR) is 86.1 cm³/mol. The summed E-state index contributed by atoms with van der Waals surface area (Å²) < 4.78 is 5.57. The van der Waals surface area contributed by atoms with Crippen molar-refractivity contribution in [3.8, 4) is 5.75 Å². The van der Waals surface area contributed by atoms with E-state index in [1.807, 2.05) is 56.3 Å². The van der Waals surface area contributed by atoms with Crippen molar-refractivity contribution in [3.05, 3.63) is 53.6 Å². The molecule has 5 heteroatoms. The lowest BCUT2D eigenvalue weighted by Crippen LogP contribution is -2.21. The van der Waals surface area contributed by atoms with Gasteiger partial charge >= 0.3 is 0 Å². The summed E-state index contributed by atoms with van der Waals surface area (Å²) in [6.07, 6.45) is 0. The van der Waals surface area contributed by atoms with E-state index in [0.717, 1.165) is 27.9 Å². The van der Waals surface area contributed by atoms with Crippen molar-refractivity contribution < 1.29 is 9.53 Å². The second kappa shape index (κ2) is 5.89. The number of H-pyrrole nitrogens is 1. The van der Waals surface area contributed by atoms with E-state index in [2.05, 4.69) is 15.3 Å². The Morgan fingerprint density at radius 1 is 1.18 bits per heavy atom. The molecule has 0 saturated carbocycles. The number of para-hydroxylation sites is 2. The molecule has 22 heavy (non-hydrogen) atoms. The van der Waals surface area contributed by atoms with E-state index in [1.54, 1.807) is 0 Å². The third-order valence-electron chi connectivity index (χ3n) is 3.56. The zero-order valence-electron chi connectivity index (χ0n) is 12.5. The maximum atomic E-state index is 12.0. The molecule has 0 aliphatic rings. The molecule has 1 heterocycles. The van der Waals surface area contributed by atoms with Crippen LogP contribution in [0.25, 0.3) is 11.0 Å². The van der Waals surface area contributed by atoms with Gasteiger partial charge in [-0.1, -0.05) is 24.3 Å². The standard InChI is InChI=1S/C17H17N3O2/c1-11-6-5-9-15(12(11)2)22-10-16(21)20-17-18-13-7-3-4-8-14(13)19-17/h3-9H,10H2,1-2H3,(H2,18,19,20,21). The van der Waals surface area contributed by atoms with Gasteiger partial charge in [0, 0.05) is 0 Å². The molecule has 0 radical (unpaired) electrons. The van der Waals surface area contributed by atoms with Crippen LogP contribution in [0.2, 0.25) is 0 Å². The zero-order chi connectivity index (χ0) is 15.5. The first-order chi connectivity index (χ1) is 10.6. The minimum atomic E-state index is -0.250. The summed E-state index contributed by atoms with van der Waals surface area (Å²) in [6, 6.07) is 13.4. The third-order valence-corrected chi connectivity index (χ3v) is 3.56. The number of carbonyl (C=O) groups is 1. The molecule has 0 bridgehead atoms. The number of hydrogen-bond donors (Lipinski definition) is 2. The molecule has 1 amide bonds. The highest BCUT2D eigenvalue weighted by Gasteiger charge is 2.09. The van der Waals surface area contributed by atoms with Crippen LogP contribution in [-0.2, 0) is 4.79 Å². The molecular weight excluding hydrogens is 278 g/mol. The third kappa shape index (κ3) is 2.93. The van der Waals surface area contributed by atoms with Crippen LogP contribution < -0.4 is 10.1 Å². The van der Waals surface area contributed by atoms with Gasteiger partial charge in [-0.15, -0.1) is 0 Å². The van der Waals surface area contributed by atoms with E-state index in [0.29, 0.717) is 5.95 Å². The molecule has 0 aliphatic carbocycles. The predicted octanol–water partition coefficient (Wildman–Crippen LogP) is 3.20. The minimum Gasteiger partial charge on any atom is -0.483 e. The number of anilines is 1. The van der Waals surface area contributed by atoms with Gasteiger partial charge in [-0.3, -0.25) is 10.1 Å². The summed E-state index contributed by atoms with van der Waals surface area (Å²) in [4.78, 5) is 19.3. The van der Waals surface area contributed by atoms with Gasteiger partial charge in [-0.05, 0) is 43.2 Å². The molecule has 0 fully saturated rings. The van der Waals surface area contributed by atoms with E-state index in [1.165, 1.54) is 0 Å². The molecule has 112 valence electrons. The fourth-order valence-electron chi connectivity index (χ4n) is 2.20. The Balaban J connectivity index is 1.64. The largest absolute Gasteiger partial charge is 0.483 e. The molecule has 0 unspecified atom stereocenters. The molecule has 0 atom stereocenters. The Kier molecular flexibility index (Phi) is 3.78. The van der Waals surface area contributed by atoms with Gasteiger partial charge in [-0.25, -0.2) is 4.98 Å². The Morgan fingerprint density at radius 2 is 2.00 bits per heavy atom. The van der Waals surface area contributed by atoms with Crippen LogP contribution in [0.5, 0.6) is 5.75 Å². The smallest absolute Gasteiger partial charge is 0.264 e. The number of fused-ring (bicyclic) bond motifs is 1. The lowest BCUT2D eigenvalue weighted by atomic mass is 10.1. The van der Waals surface area contributed by atoms with Crippen molar-refractivity contribution in [1.82, 2.24) is 9.97 Å². The Bertz CT molecular complexity index is 791. The summed E-state index contributed by atoms with van der Waals surface area (Å²) >= 11 is 0. The van der Waals surface area contributed by atoms with E-state index in [-0.39, 0.29) is 12.5 Å². The van der Waals surface area contributed by atoms with Crippen molar-refractivity contribution >= 4 is 22.9 Å². The number of amides is 1. The number of carbonyl (C=O) groups excluding carboxylic acids is 1. The van der Waals surface area contributed by atoms with E-state index < -0.39 is 0 Å². The Hall–Kier alpha value is -2.82. The first kappa shape index (κ1) is 14.1. The number of hydrogen-bond acceptors (Lipinski definition) is 3. The zero-order valence-corrected chi connectivity index (χ0v) is 12.5. The quantitative estimate of drug-likeness (QED) is 0.776. The summed E-state index contributed by atoms with van der Waals surface area (Å²) in [5.41, 5.74) is 3.87. The average molecular weight is 295 g/mol. The molecule has 2 N–H and O–H groups in total. The highest BCUT2D eigenvalue weighted by Crippen LogP contribution is 2.20. The van der Waals surface area contributed by atoms with E-state index in [9.17, 15) is 4.79 Å². The number of rotatable bonds is 4. The Morgan fingerprint density at radius 3 is 2.82 bits per heavy atom. The second-order valence-electron chi connectivity index (χ2n) is 5.14. The first-order valence-electron chi connectivity index (χ1n) is 7.07. The number of aromatic amines is 1. The van der Waals surface area contributed by atoms with Crippen LogP contribution in [0.1, 0.15) is 11.1 Å². The van der Waals surface area contributed by atoms with Gasteiger partial charge < -0.3 is 9.72 Å². The van der Waals surface area contributed by atoms with Crippen molar-refractivity contribution in [2.24, 2.45) is 0 Å². The fourth-order valence-corrected chi connectivity index (χ4v) is 2.20. The van der Waals surface area contributed by atoms with Gasteiger partial charge in [0.1, 0.15) is 5.75 Å². The Labute approximate surface area is 128 Å². The maximum Gasteiger partial charge on any atom is 0.264 e. The molecule has 1 aromatic heterocycles. The lowest BCUT2D eigenvalue weighted by Gasteiger charge is -2.10. The van der Waals surface area contributed by atoms with Crippen molar-refractivity contribution in [1.29, 1.82) is 0 Å². The molecule has 3 rings (SSSR count). The van der Waals surface area contributed by atoms with Crippen molar-refractivity contribution in [3.63, 3.8) is 0 Å². The lowest BCUT2D eigenvalue weighted by molar-refractivity contribution is -0.118. The average Bonchev–Trinajstić information content (AvgIpc) is 2.91. The topological polar surface area (TPSA) is 67.0 Å². The molecular formula is C17H17N3O2. The van der Waals surface area contributed by atoms with Crippen molar-refractivity contribution in [2.75, 3.05) is 11.9 Å². The molecule has 5 nitrogen and oxygen atoms in total. The molecule has 2 aromatic carbocycles. The molecule has 0 saturated heterocycles. The number of aromatic nitrogens is 2. The van der Waals surface area contributed by atoms with Gasteiger partial charge in [0.15, 0.2) is 6.61 Å².